The van der Waals surface area contributed by atoms with Gasteiger partial charge in [-0.15, -0.1) is 0 Å². The maximum absolute atomic E-state index is 12.8. The Morgan fingerprint density at radius 3 is 2.19 bits per heavy atom. The van der Waals surface area contributed by atoms with Gasteiger partial charge in [-0.1, -0.05) is 36.8 Å². The first-order chi connectivity index (χ1) is 13.1. The van der Waals surface area contributed by atoms with Gasteiger partial charge in [-0.3, -0.25) is 9.62 Å². The summed E-state index contributed by atoms with van der Waals surface area (Å²) in [6.07, 6.45) is 3.56. The standard InChI is InChI=1S/C20H22N4O2S/c25-27(26,16-9-3-1-4-10-16)23-20-19(15-24-13-7-2-8-14-24)21-17-11-5-6-12-18(17)22-20/h1,3-6,9-12H,2,7-8,13-15H2,(H,22,23). The van der Waals surface area contributed by atoms with E-state index in [9.17, 15) is 8.42 Å². The van der Waals surface area contributed by atoms with Gasteiger partial charge < -0.3 is 0 Å². The van der Waals surface area contributed by atoms with Gasteiger partial charge in [-0.05, 0) is 50.2 Å². The third kappa shape index (κ3) is 4.09. The molecule has 0 spiro atoms. The molecule has 0 unspecified atom stereocenters. The Morgan fingerprint density at radius 1 is 0.852 bits per heavy atom. The molecule has 0 aliphatic carbocycles. The van der Waals surface area contributed by atoms with Crippen molar-refractivity contribution in [2.24, 2.45) is 0 Å². The number of nitrogens with zero attached hydrogens (tertiary/aromatic N) is 3. The SMILES string of the molecule is O=S(=O)(Nc1nc2ccccc2nc1CN1CCCCC1)c1ccccc1. The molecule has 0 bridgehead atoms. The van der Waals surface area contributed by atoms with Crippen LogP contribution in [0.25, 0.3) is 11.0 Å². The van der Waals surface area contributed by atoms with Gasteiger partial charge in [0.15, 0.2) is 5.82 Å². The van der Waals surface area contributed by atoms with Crippen molar-refractivity contribution in [3.63, 3.8) is 0 Å². The monoisotopic (exact) mass is 382 g/mol. The quantitative estimate of drug-likeness (QED) is 0.732. The second-order valence-electron chi connectivity index (χ2n) is 6.76. The predicted octanol–water partition coefficient (Wildman–Crippen LogP) is 3.42. The van der Waals surface area contributed by atoms with Crippen molar-refractivity contribution < 1.29 is 8.42 Å². The van der Waals surface area contributed by atoms with Crippen molar-refractivity contribution in [1.29, 1.82) is 0 Å². The number of benzene rings is 2. The predicted molar refractivity (Wildman–Crippen MR) is 106 cm³/mol. The van der Waals surface area contributed by atoms with Crippen LogP contribution in [-0.2, 0) is 16.6 Å². The van der Waals surface area contributed by atoms with E-state index < -0.39 is 10.0 Å². The van der Waals surface area contributed by atoms with Crippen LogP contribution >= 0.6 is 0 Å². The summed E-state index contributed by atoms with van der Waals surface area (Å²) in [5.41, 5.74) is 2.10. The summed E-state index contributed by atoms with van der Waals surface area (Å²) in [6.45, 7) is 2.59. The van der Waals surface area contributed by atoms with Gasteiger partial charge >= 0.3 is 0 Å². The molecule has 2 aromatic carbocycles. The van der Waals surface area contributed by atoms with E-state index in [1.165, 1.54) is 6.42 Å². The van der Waals surface area contributed by atoms with Crippen LogP contribution in [-0.4, -0.2) is 36.4 Å². The zero-order valence-corrected chi connectivity index (χ0v) is 15.8. The van der Waals surface area contributed by atoms with Crippen LogP contribution in [0.3, 0.4) is 0 Å². The summed E-state index contributed by atoms with van der Waals surface area (Å²) in [7, 11) is -3.72. The summed E-state index contributed by atoms with van der Waals surface area (Å²) >= 11 is 0. The molecular weight excluding hydrogens is 360 g/mol. The van der Waals surface area contributed by atoms with Gasteiger partial charge in [0.25, 0.3) is 10.0 Å². The van der Waals surface area contributed by atoms with Crippen LogP contribution in [0.5, 0.6) is 0 Å². The molecule has 7 heteroatoms. The molecule has 1 saturated heterocycles. The van der Waals surface area contributed by atoms with Gasteiger partial charge in [0.05, 0.1) is 21.6 Å². The number of sulfonamides is 1. The Morgan fingerprint density at radius 2 is 1.48 bits per heavy atom. The smallest absolute Gasteiger partial charge is 0.263 e. The zero-order chi connectivity index (χ0) is 18.7. The van der Waals surface area contributed by atoms with Crippen LogP contribution in [0.15, 0.2) is 59.5 Å². The van der Waals surface area contributed by atoms with E-state index in [1.54, 1.807) is 30.3 Å². The van der Waals surface area contributed by atoms with E-state index in [1.807, 2.05) is 24.3 Å². The molecule has 1 N–H and O–H groups in total. The average Bonchev–Trinajstić information content (AvgIpc) is 2.70. The first kappa shape index (κ1) is 17.9. The molecule has 1 fully saturated rings. The second-order valence-corrected chi connectivity index (χ2v) is 8.45. The minimum Gasteiger partial charge on any atom is -0.297 e. The molecule has 3 aromatic rings. The highest BCUT2D eigenvalue weighted by atomic mass is 32.2. The van der Waals surface area contributed by atoms with E-state index in [0.29, 0.717) is 23.6 Å². The fourth-order valence-corrected chi connectivity index (χ4v) is 4.39. The Bertz CT molecular complexity index is 1030. The summed E-state index contributed by atoms with van der Waals surface area (Å²) < 4.78 is 28.2. The first-order valence-corrected chi connectivity index (χ1v) is 10.7. The Labute approximate surface area is 159 Å². The summed E-state index contributed by atoms with van der Waals surface area (Å²) in [5, 5.41) is 0. The number of aromatic nitrogens is 2. The molecule has 1 aromatic heterocycles. The lowest BCUT2D eigenvalue weighted by atomic mass is 10.1. The lowest BCUT2D eigenvalue weighted by Gasteiger charge is -2.26. The number of likely N-dealkylation sites (tertiary alicyclic amines) is 1. The third-order valence-corrected chi connectivity index (χ3v) is 6.10. The minimum absolute atomic E-state index is 0.212. The maximum atomic E-state index is 12.8. The molecule has 6 nitrogen and oxygen atoms in total. The number of anilines is 1. The van der Waals surface area contributed by atoms with E-state index in [0.717, 1.165) is 31.4 Å². The molecule has 1 aliphatic rings. The molecule has 0 saturated carbocycles. The highest BCUT2D eigenvalue weighted by molar-refractivity contribution is 7.92. The molecule has 4 rings (SSSR count). The number of rotatable bonds is 5. The maximum Gasteiger partial charge on any atom is 0.263 e. The number of para-hydroxylation sites is 2. The molecule has 140 valence electrons. The fourth-order valence-electron chi connectivity index (χ4n) is 3.34. The number of hydrogen-bond acceptors (Lipinski definition) is 5. The largest absolute Gasteiger partial charge is 0.297 e. The number of fused-ring (bicyclic) bond motifs is 1. The van der Waals surface area contributed by atoms with Crippen molar-refractivity contribution in [1.82, 2.24) is 14.9 Å². The lowest BCUT2D eigenvalue weighted by molar-refractivity contribution is 0.219. The van der Waals surface area contributed by atoms with E-state index in [-0.39, 0.29) is 4.90 Å². The van der Waals surface area contributed by atoms with Crippen molar-refractivity contribution >= 4 is 26.9 Å². The minimum atomic E-state index is -3.72. The highest BCUT2D eigenvalue weighted by Crippen LogP contribution is 2.23. The first-order valence-electron chi connectivity index (χ1n) is 9.18. The molecule has 1 aliphatic heterocycles. The highest BCUT2D eigenvalue weighted by Gasteiger charge is 2.20. The average molecular weight is 382 g/mol. The third-order valence-electron chi connectivity index (χ3n) is 4.75. The molecule has 0 radical (unpaired) electrons. The van der Waals surface area contributed by atoms with E-state index in [2.05, 4.69) is 14.6 Å². The van der Waals surface area contributed by atoms with Crippen LogP contribution < -0.4 is 4.72 Å². The molecule has 27 heavy (non-hydrogen) atoms. The molecule has 2 heterocycles. The molecule has 0 amide bonds. The van der Waals surface area contributed by atoms with Crippen molar-refractivity contribution in [2.75, 3.05) is 17.8 Å². The van der Waals surface area contributed by atoms with E-state index >= 15 is 0 Å². The van der Waals surface area contributed by atoms with Crippen LogP contribution in [0, 0.1) is 0 Å². The molecule has 0 atom stereocenters. The normalized spacial score (nSPS) is 15.7. The summed E-state index contributed by atoms with van der Waals surface area (Å²) in [6, 6.07) is 15.9. The summed E-state index contributed by atoms with van der Waals surface area (Å²) in [5.74, 6) is 0.308. The Hall–Kier alpha value is -2.51. The number of hydrogen-bond donors (Lipinski definition) is 1. The van der Waals surface area contributed by atoms with Crippen LogP contribution in [0.1, 0.15) is 25.0 Å². The number of piperidine rings is 1. The van der Waals surface area contributed by atoms with Crippen molar-refractivity contribution in [2.45, 2.75) is 30.7 Å². The Kier molecular flexibility index (Phi) is 5.05. The van der Waals surface area contributed by atoms with Crippen LogP contribution in [0.4, 0.5) is 5.82 Å². The van der Waals surface area contributed by atoms with Crippen LogP contribution in [0.2, 0.25) is 0 Å². The fraction of sp³-hybridized carbons (Fsp3) is 0.300. The topological polar surface area (TPSA) is 75.2 Å². The van der Waals surface area contributed by atoms with Gasteiger partial charge in [0, 0.05) is 6.54 Å². The van der Waals surface area contributed by atoms with Crippen molar-refractivity contribution in [3.05, 3.63) is 60.3 Å². The molecular formula is C20H22N4O2S. The van der Waals surface area contributed by atoms with Gasteiger partial charge in [-0.2, -0.15) is 0 Å². The zero-order valence-electron chi connectivity index (χ0n) is 15.0. The lowest BCUT2D eigenvalue weighted by Crippen LogP contribution is -2.30. The second kappa shape index (κ2) is 7.62. The van der Waals surface area contributed by atoms with Gasteiger partial charge in [-0.25, -0.2) is 18.4 Å². The van der Waals surface area contributed by atoms with E-state index in [4.69, 9.17) is 4.98 Å². The van der Waals surface area contributed by atoms with Crippen molar-refractivity contribution in [3.8, 4) is 0 Å². The van der Waals surface area contributed by atoms with Gasteiger partial charge in [0.2, 0.25) is 0 Å². The number of nitrogens with one attached hydrogen (secondary N) is 1. The Balaban J connectivity index is 1.72. The summed E-state index contributed by atoms with van der Waals surface area (Å²) in [4.78, 5) is 11.8. The van der Waals surface area contributed by atoms with Gasteiger partial charge in [0.1, 0.15) is 0 Å².